The number of rotatable bonds is 7. The lowest BCUT2D eigenvalue weighted by Gasteiger charge is -2.32. The van der Waals surface area contributed by atoms with Gasteiger partial charge in [-0.25, -0.2) is 0 Å². The van der Waals surface area contributed by atoms with Gasteiger partial charge in [0.25, 0.3) is 0 Å². The molecule has 3 unspecified atom stereocenters. The van der Waals surface area contributed by atoms with Gasteiger partial charge in [0.2, 0.25) is 5.91 Å². The number of carbonyl (C=O) groups is 1. The van der Waals surface area contributed by atoms with E-state index in [0.29, 0.717) is 0 Å². The van der Waals surface area contributed by atoms with E-state index in [-0.39, 0.29) is 23.9 Å². The largest absolute Gasteiger partial charge is 0.342 e. The maximum atomic E-state index is 12.9. The number of amides is 1. The van der Waals surface area contributed by atoms with Gasteiger partial charge in [-0.05, 0) is 24.0 Å². The average Bonchev–Trinajstić information content (AvgIpc) is 2.65. The molecule has 3 atom stereocenters. The predicted molar refractivity (Wildman–Crippen MR) is 99.5 cm³/mol. The highest BCUT2D eigenvalue weighted by Gasteiger charge is 2.28. The first kappa shape index (κ1) is 18.2. The molecule has 0 aliphatic heterocycles. The average molecular weight is 324 g/mol. The summed E-state index contributed by atoms with van der Waals surface area (Å²) in [4.78, 5) is 14.8. The van der Waals surface area contributed by atoms with Gasteiger partial charge >= 0.3 is 0 Å². The molecule has 2 aromatic rings. The Morgan fingerprint density at radius 3 is 2.12 bits per heavy atom. The maximum absolute atomic E-state index is 12.9. The Hall–Kier alpha value is -2.13. The smallest absolute Gasteiger partial charge is 0.227 e. The highest BCUT2D eigenvalue weighted by atomic mass is 16.2. The summed E-state index contributed by atoms with van der Waals surface area (Å²) in [7, 11) is 1.90. The molecule has 0 bridgehead atoms. The fourth-order valence-electron chi connectivity index (χ4n) is 3.06. The summed E-state index contributed by atoms with van der Waals surface area (Å²) < 4.78 is 0. The molecule has 1 amide bonds. The quantitative estimate of drug-likeness (QED) is 0.842. The first-order chi connectivity index (χ1) is 11.5. The molecule has 128 valence electrons. The lowest BCUT2D eigenvalue weighted by molar-refractivity contribution is -0.136. The second-order valence-electron chi connectivity index (χ2n) is 6.43. The third-order valence-corrected chi connectivity index (χ3v) is 4.79. The zero-order valence-corrected chi connectivity index (χ0v) is 14.9. The number of likely N-dealkylation sites (N-methyl/N-ethyl adjacent to an activating group) is 1. The fraction of sp³-hybridized carbons (Fsp3) is 0.381. The zero-order valence-electron chi connectivity index (χ0n) is 14.9. The summed E-state index contributed by atoms with van der Waals surface area (Å²) in [5.74, 6) is -0.142. The van der Waals surface area contributed by atoms with Crippen molar-refractivity contribution in [2.24, 2.45) is 11.7 Å². The van der Waals surface area contributed by atoms with E-state index in [0.717, 1.165) is 18.4 Å². The molecule has 0 saturated heterocycles. The number of nitrogens with two attached hydrogens (primary N) is 1. The highest BCUT2D eigenvalue weighted by Crippen LogP contribution is 2.22. The lowest BCUT2D eigenvalue weighted by Crippen LogP contribution is -2.43. The predicted octanol–water partition coefficient (Wildman–Crippen LogP) is 3.80. The Bertz CT molecular complexity index is 627. The van der Waals surface area contributed by atoms with Crippen molar-refractivity contribution in [1.82, 2.24) is 4.90 Å². The van der Waals surface area contributed by atoms with Crippen LogP contribution in [0.4, 0.5) is 0 Å². The van der Waals surface area contributed by atoms with Crippen molar-refractivity contribution in [2.75, 3.05) is 7.05 Å². The molecule has 0 heterocycles. The minimum atomic E-state index is -0.282. The van der Waals surface area contributed by atoms with Crippen LogP contribution in [-0.4, -0.2) is 23.9 Å². The second kappa shape index (κ2) is 8.65. The first-order valence-corrected chi connectivity index (χ1v) is 8.65. The van der Waals surface area contributed by atoms with Crippen molar-refractivity contribution in [3.8, 4) is 0 Å². The molecule has 2 aromatic carbocycles. The highest BCUT2D eigenvalue weighted by molar-refractivity contribution is 5.79. The van der Waals surface area contributed by atoms with Crippen LogP contribution in [-0.2, 0) is 11.2 Å². The number of hydrogen-bond donors (Lipinski definition) is 1. The molecule has 0 radical (unpaired) electrons. The zero-order chi connectivity index (χ0) is 17.5. The molecule has 0 fully saturated rings. The summed E-state index contributed by atoms with van der Waals surface area (Å²) in [5.41, 5.74) is 8.58. The van der Waals surface area contributed by atoms with Gasteiger partial charge in [-0.1, -0.05) is 74.5 Å². The molecular weight excluding hydrogens is 296 g/mol. The molecule has 3 nitrogen and oxygen atoms in total. The van der Waals surface area contributed by atoms with Crippen molar-refractivity contribution in [3.63, 3.8) is 0 Å². The monoisotopic (exact) mass is 324 g/mol. The minimum absolute atomic E-state index is 0.106. The Kier molecular flexibility index (Phi) is 6.56. The Balaban J connectivity index is 2.06. The SMILES string of the molecule is CCC(Cc1ccccc1)N(C)C(=O)C(C)C(N)c1ccccc1. The van der Waals surface area contributed by atoms with Crippen molar-refractivity contribution in [3.05, 3.63) is 71.8 Å². The van der Waals surface area contributed by atoms with Crippen LogP contribution >= 0.6 is 0 Å². The lowest BCUT2D eigenvalue weighted by atomic mass is 9.93. The van der Waals surface area contributed by atoms with Crippen LogP contribution in [0.25, 0.3) is 0 Å². The Morgan fingerprint density at radius 1 is 1.04 bits per heavy atom. The summed E-state index contributed by atoms with van der Waals surface area (Å²) in [6.07, 6.45) is 1.79. The van der Waals surface area contributed by atoms with E-state index in [1.807, 2.05) is 67.4 Å². The molecule has 0 saturated carbocycles. The minimum Gasteiger partial charge on any atom is -0.342 e. The van der Waals surface area contributed by atoms with E-state index in [2.05, 4.69) is 19.1 Å². The molecule has 0 aliphatic carbocycles. The summed E-state index contributed by atoms with van der Waals surface area (Å²) >= 11 is 0. The Labute approximate surface area is 145 Å². The molecule has 3 heteroatoms. The molecule has 2 rings (SSSR count). The molecule has 0 aliphatic rings. The summed E-state index contributed by atoms with van der Waals surface area (Å²) in [6.45, 7) is 4.05. The van der Waals surface area contributed by atoms with Crippen LogP contribution in [0.2, 0.25) is 0 Å². The van der Waals surface area contributed by atoms with Crippen LogP contribution in [0.5, 0.6) is 0 Å². The van der Waals surface area contributed by atoms with E-state index in [1.54, 1.807) is 0 Å². The van der Waals surface area contributed by atoms with Gasteiger partial charge in [-0.3, -0.25) is 4.79 Å². The number of nitrogens with zero attached hydrogens (tertiary/aromatic N) is 1. The van der Waals surface area contributed by atoms with Gasteiger partial charge in [0, 0.05) is 19.1 Å². The number of hydrogen-bond acceptors (Lipinski definition) is 2. The standard InChI is InChI=1S/C21H28N2O/c1-4-19(15-17-11-7-5-8-12-17)23(3)21(24)16(2)20(22)18-13-9-6-10-14-18/h5-14,16,19-20H,4,15,22H2,1-3H3. The van der Waals surface area contributed by atoms with Crippen LogP contribution in [0.3, 0.4) is 0 Å². The number of benzene rings is 2. The van der Waals surface area contributed by atoms with Crippen LogP contribution < -0.4 is 5.73 Å². The van der Waals surface area contributed by atoms with Gasteiger partial charge < -0.3 is 10.6 Å². The first-order valence-electron chi connectivity index (χ1n) is 8.65. The fourth-order valence-corrected chi connectivity index (χ4v) is 3.06. The molecule has 24 heavy (non-hydrogen) atoms. The van der Waals surface area contributed by atoms with Crippen LogP contribution in [0.15, 0.2) is 60.7 Å². The molecule has 2 N–H and O–H groups in total. The molecule has 0 spiro atoms. The van der Waals surface area contributed by atoms with E-state index in [9.17, 15) is 4.79 Å². The van der Waals surface area contributed by atoms with Crippen molar-refractivity contribution in [2.45, 2.75) is 38.8 Å². The van der Waals surface area contributed by atoms with E-state index in [1.165, 1.54) is 5.56 Å². The normalized spacial score (nSPS) is 14.7. The molecule has 0 aromatic heterocycles. The maximum Gasteiger partial charge on any atom is 0.227 e. The van der Waals surface area contributed by atoms with Gasteiger partial charge in [0.1, 0.15) is 0 Å². The van der Waals surface area contributed by atoms with Crippen LogP contribution in [0.1, 0.15) is 37.4 Å². The number of carbonyl (C=O) groups excluding carboxylic acids is 1. The van der Waals surface area contributed by atoms with Crippen molar-refractivity contribution in [1.29, 1.82) is 0 Å². The van der Waals surface area contributed by atoms with Gasteiger partial charge in [-0.15, -0.1) is 0 Å². The van der Waals surface area contributed by atoms with Crippen molar-refractivity contribution < 1.29 is 4.79 Å². The van der Waals surface area contributed by atoms with Gasteiger partial charge in [0.15, 0.2) is 0 Å². The van der Waals surface area contributed by atoms with E-state index >= 15 is 0 Å². The van der Waals surface area contributed by atoms with E-state index < -0.39 is 0 Å². The molecular formula is C21H28N2O. The third-order valence-electron chi connectivity index (χ3n) is 4.79. The van der Waals surface area contributed by atoms with E-state index in [4.69, 9.17) is 5.73 Å². The van der Waals surface area contributed by atoms with Crippen LogP contribution in [0, 0.1) is 5.92 Å². The third kappa shape index (κ3) is 4.45. The summed E-state index contributed by atoms with van der Waals surface area (Å²) in [5, 5.41) is 0. The van der Waals surface area contributed by atoms with Crippen molar-refractivity contribution >= 4 is 5.91 Å². The van der Waals surface area contributed by atoms with Gasteiger partial charge in [-0.2, -0.15) is 0 Å². The van der Waals surface area contributed by atoms with Gasteiger partial charge in [0.05, 0.1) is 5.92 Å². The summed E-state index contributed by atoms with van der Waals surface area (Å²) in [6, 6.07) is 20.1. The second-order valence-corrected chi connectivity index (χ2v) is 6.43. The Morgan fingerprint density at radius 2 is 1.58 bits per heavy atom. The topological polar surface area (TPSA) is 46.3 Å².